The molecule has 0 aromatic heterocycles. The van der Waals surface area contributed by atoms with Crippen LogP contribution in [0.25, 0.3) is 0 Å². The minimum atomic E-state index is -0.576. The molecule has 1 aliphatic rings. The lowest BCUT2D eigenvalue weighted by Gasteiger charge is -2.33. The monoisotopic (exact) mass is 293 g/mol. The van der Waals surface area contributed by atoms with Crippen LogP contribution in [0.4, 0.5) is 9.18 Å². The maximum atomic E-state index is 13.3. The molecular formula is C16H20FNO3. The minimum absolute atomic E-state index is 0.0282. The van der Waals surface area contributed by atoms with Crippen molar-refractivity contribution in [2.75, 3.05) is 13.1 Å². The number of piperidine rings is 1. The highest BCUT2D eigenvalue weighted by atomic mass is 19.1. The quantitative estimate of drug-likeness (QED) is 0.799. The summed E-state index contributed by atoms with van der Waals surface area (Å²) in [6.45, 7) is 5.97. The van der Waals surface area contributed by atoms with E-state index in [9.17, 15) is 14.0 Å². The molecule has 1 heterocycles. The van der Waals surface area contributed by atoms with Gasteiger partial charge in [0.25, 0.3) is 0 Å². The summed E-state index contributed by atoms with van der Waals surface area (Å²) in [5.74, 6) is -0.836. The molecule has 5 heteroatoms. The third-order valence-electron chi connectivity index (χ3n) is 3.32. The zero-order valence-electron chi connectivity index (χ0n) is 12.6. The van der Waals surface area contributed by atoms with Crippen molar-refractivity contribution in [2.24, 2.45) is 0 Å². The van der Waals surface area contributed by atoms with Crippen LogP contribution in [-0.2, 0) is 9.53 Å². The predicted octanol–water partition coefficient (Wildman–Crippen LogP) is 3.12. The van der Waals surface area contributed by atoms with E-state index in [4.69, 9.17) is 4.74 Å². The first-order valence-corrected chi connectivity index (χ1v) is 7.02. The number of carbonyl (C=O) groups is 2. The molecule has 1 amide bonds. The molecule has 1 atom stereocenters. The topological polar surface area (TPSA) is 46.6 Å². The van der Waals surface area contributed by atoms with Crippen LogP contribution in [0.15, 0.2) is 24.3 Å². The number of carbonyl (C=O) groups excluding carboxylic acids is 2. The van der Waals surface area contributed by atoms with Crippen molar-refractivity contribution in [3.63, 3.8) is 0 Å². The van der Waals surface area contributed by atoms with E-state index >= 15 is 0 Å². The number of halogens is 1. The Labute approximate surface area is 123 Å². The molecule has 114 valence electrons. The van der Waals surface area contributed by atoms with E-state index in [1.165, 1.54) is 17.0 Å². The largest absolute Gasteiger partial charge is 0.444 e. The second-order valence-electron chi connectivity index (χ2n) is 6.25. The Hall–Kier alpha value is -1.91. The van der Waals surface area contributed by atoms with Gasteiger partial charge in [0.1, 0.15) is 17.2 Å². The lowest BCUT2D eigenvalue weighted by Crippen LogP contribution is -2.45. The molecule has 1 aromatic rings. The molecule has 1 aromatic carbocycles. The zero-order chi connectivity index (χ0) is 15.6. The molecule has 0 saturated carbocycles. The van der Waals surface area contributed by atoms with Crippen LogP contribution in [0.2, 0.25) is 0 Å². The van der Waals surface area contributed by atoms with Crippen LogP contribution in [0.3, 0.4) is 0 Å². The summed E-state index contributed by atoms with van der Waals surface area (Å²) in [4.78, 5) is 25.7. The maximum Gasteiger partial charge on any atom is 0.410 e. The number of rotatable bonds is 1. The molecule has 0 N–H and O–H groups in total. The molecule has 0 bridgehead atoms. The third kappa shape index (κ3) is 4.03. The molecule has 0 aliphatic carbocycles. The number of likely N-dealkylation sites (tertiary alicyclic amines) is 1. The number of amides is 1. The lowest BCUT2D eigenvalue weighted by molar-refractivity contribution is -0.123. The number of benzene rings is 1. The minimum Gasteiger partial charge on any atom is -0.444 e. The molecule has 4 nitrogen and oxygen atoms in total. The predicted molar refractivity (Wildman–Crippen MR) is 76.6 cm³/mol. The van der Waals surface area contributed by atoms with E-state index in [0.29, 0.717) is 12.1 Å². The normalized spacial score (nSPS) is 19.5. The maximum absolute atomic E-state index is 13.3. The molecular weight excluding hydrogens is 273 g/mol. The molecule has 0 radical (unpaired) electrons. The van der Waals surface area contributed by atoms with Gasteiger partial charge in [-0.05, 0) is 38.5 Å². The van der Waals surface area contributed by atoms with Crippen LogP contribution in [0.1, 0.15) is 38.7 Å². The number of nitrogens with zero attached hydrogens (tertiary/aromatic N) is 1. The van der Waals surface area contributed by atoms with Gasteiger partial charge >= 0.3 is 6.09 Å². The molecule has 1 unspecified atom stereocenters. The summed E-state index contributed by atoms with van der Waals surface area (Å²) in [7, 11) is 0. The summed E-state index contributed by atoms with van der Waals surface area (Å²) in [5.41, 5.74) is 0.0284. The van der Waals surface area contributed by atoms with Crippen LogP contribution < -0.4 is 0 Å². The number of hydrogen-bond donors (Lipinski definition) is 0. The van der Waals surface area contributed by atoms with Gasteiger partial charge in [-0.3, -0.25) is 4.79 Å². The van der Waals surface area contributed by atoms with Gasteiger partial charge in [0.2, 0.25) is 0 Å². The van der Waals surface area contributed by atoms with Crippen molar-refractivity contribution in [3.05, 3.63) is 35.6 Å². The van der Waals surface area contributed by atoms with Gasteiger partial charge in [0, 0.05) is 19.5 Å². The first-order chi connectivity index (χ1) is 9.76. The average molecular weight is 293 g/mol. The molecule has 1 fully saturated rings. The van der Waals surface area contributed by atoms with Crippen molar-refractivity contribution < 1.29 is 18.7 Å². The highest BCUT2D eigenvalue weighted by Crippen LogP contribution is 2.25. The summed E-state index contributed by atoms with van der Waals surface area (Å²) >= 11 is 0. The van der Waals surface area contributed by atoms with Crippen LogP contribution >= 0.6 is 0 Å². The van der Waals surface area contributed by atoms with Gasteiger partial charge in [0.15, 0.2) is 0 Å². The van der Waals surface area contributed by atoms with E-state index in [0.717, 1.165) is 0 Å². The summed E-state index contributed by atoms with van der Waals surface area (Å²) in [5, 5.41) is 0. The highest BCUT2D eigenvalue weighted by Gasteiger charge is 2.33. The molecule has 1 aliphatic heterocycles. The molecule has 21 heavy (non-hydrogen) atoms. The van der Waals surface area contributed by atoms with E-state index in [-0.39, 0.29) is 24.6 Å². The van der Waals surface area contributed by atoms with Crippen LogP contribution in [0, 0.1) is 5.82 Å². The molecule has 1 saturated heterocycles. The van der Waals surface area contributed by atoms with E-state index in [1.807, 2.05) is 0 Å². The van der Waals surface area contributed by atoms with Gasteiger partial charge in [-0.25, -0.2) is 9.18 Å². The Balaban J connectivity index is 2.13. The summed E-state index contributed by atoms with van der Waals surface area (Å²) in [6, 6.07) is 5.97. The highest BCUT2D eigenvalue weighted by molar-refractivity contribution is 5.88. The number of ketones is 1. The van der Waals surface area contributed by atoms with Crippen molar-refractivity contribution in [1.29, 1.82) is 0 Å². The van der Waals surface area contributed by atoms with Gasteiger partial charge in [-0.2, -0.15) is 0 Å². The van der Waals surface area contributed by atoms with E-state index in [2.05, 4.69) is 0 Å². The van der Waals surface area contributed by atoms with Crippen molar-refractivity contribution in [1.82, 2.24) is 4.90 Å². The van der Waals surface area contributed by atoms with Crippen LogP contribution in [-0.4, -0.2) is 35.5 Å². The first-order valence-electron chi connectivity index (χ1n) is 7.02. The van der Waals surface area contributed by atoms with Crippen molar-refractivity contribution in [2.45, 2.75) is 38.7 Å². The van der Waals surface area contributed by atoms with Crippen molar-refractivity contribution >= 4 is 11.9 Å². The van der Waals surface area contributed by atoms with Gasteiger partial charge in [0.05, 0.1) is 5.92 Å². The number of Topliss-reactive ketones (excluding diaryl/α,β-unsaturated/α-hetero) is 1. The average Bonchev–Trinajstić information content (AvgIpc) is 2.37. The first kappa shape index (κ1) is 15.5. The Morgan fingerprint density at radius 3 is 2.71 bits per heavy atom. The van der Waals surface area contributed by atoms with Crippen molar-refractivity contribution in [3.8, 4) is 0 Å². The Kier molecular flexibility index (Phi) is 4.30. The Morgan fingerprint density at radius 1 is 1.38 bits per heavy atom. The molecule has 2 rings (SSSR count). The van der Waals surface area contributed by atoms with Gasteiger partial charge in [-0.15, -0.1) is 0 Å². The number of hydrogen-bond acceptors (Lipinski definition) is 3. The standard InChI is InChI=1S/C16H20FNO3/c1-16(2,3)21-15(20)18-8-7-14(19)13(10-18)11-5-4-6-12(17)9-11/h4-6,9,13H,7-8,10H2,1-3H3. The molecule has 0 spiro atoms. The lowest BCUT2D eigenvalue weighted by atomic mass is 9.89. The third-order valence-corrected chi connectivity index (χ3v) is 3.32. The fourth-order valence-electron chi connectivity index (χ4n) is 2.34. The van der Waals surface area contributed by atoms with Crippen LogP contribution in [0.5, 0.6) is 0 Å². The SMILES string of the molecule is CC(C)(C)OC(=O)N1CCC(=O)C(c2cccc(F)c2)C1. The zero-order valence-corrected chi connectivity index (χ0v) is 12.6. The Bertz CT molecular complexity index is 551. The summed E-state index contributed by atoms with van der Waals surface area (Å²) in [6.07, 6.45) is -0.170. The second-order valence-corrected chi connectivity index (χ2v) is 6.25. The van der Waals surface area contributed by atoms with Gasteiger partial charge in [-0.1, -0.05) is 12.1 Å². The summed E-state index contributed by atoms with van der Waals surface area (Å²) < 4.78 is 18.6. The van der Waals surface area contributed by atoms with E-state index in [1.54, 1.807) is 32.9 Å². The van der Waals surface area contributed by atoms with Gasteiger partial charge < -0.3 is 9.64 Å². The Morgan fingerprint density at radius 2 is 2.10 bits per heavy atom. The second kappa shape index (κ2) is 5.84. The number of ether oxygens (including phenoxy) is 1. The fraction of sp³-hybridized carbons (Fsp3) is 0.500. The van der Waals surface area contributed by atoms with E-state index < -0.39 is 17.6 Å². The smallest absolute Gasteiger partial charge is 0.410 e. The fourth-order valence-corrected chi connectivity index (χ4v) is 2.34.